The number of carbonyl (C=O) groups excluding carboxylic acids is 2. The summed E-state index contributed by atoms with van der Waals surface area (Å²) in [5.74, 6) is -2.51. The van der Waals surface area contributed by atoms with Crippen molar-refractivity contribution in [2.75, 3.05) is 10.6 Å². The summed E-state index contributed by atoms with van der Waals surface area (Å²) in [7, 11) is 0. The van der Waals surface area contributed by atoms with Gasteiger partial charge in [0.05, 0.1) is 16.5 Å². The average Bonchev–Trinajstić information content (AvgIpc) is 3.38. The van der Waals surface area contributed by atoms with Crippen molar-refractivity contribution in [2.45, 2.75) is 10.3 Å². The van der Waals surface area contributed by atoms with Gasteiger partial charge in [-0.3, -0.25) is 9.59 Å². The molecule has 4 nitrogen and oxygen atoms in total. The minimum absolute atomic E-state index is 0.132. The number of nitrogens with one attached hydrogen (secondary N) is 2. The zero-order chi connectivity index (χ0) is 24.6. The molecule has 0 saturated heterocycles. The third-order valence-corrected chi connectivity index (χ3v) is 7.13. The van der Waals surface area contributed by atoms with Crippen LogP contribution in [0.25, 0.3) is 6.08 Å². The molecule has 0 spiro atoms. The Hall–Kier alpha value is -2.57. The van der Waals surface area contributed by atoms with Gasteiger partial charge in [0.1, 0.15) is 10.2 Å². The summed E-state index contributed by atoms with van der Waals surface area (Å²) in [5, 5.41) is 6.10. The molecule has 34 heavy (non-hydrogen) atoms. The van der Waals surface area contributed by atoms with Gasteiger partial charge in [-0.05, 0) is 65.7 Å². The van der Waals surface area contributed by atoms with E-state index < -0.39 is 33.8 Å². The van der Waals surface area contributed by atoms with E-state index in [1.807, 2.05) is 0 Å². The fourth-order valence-corrected chi connectivity index (χ4v) is 4.93. The molecule has 0 aliphatic heterocycles. The number of hydrogen-bond donors (Lipinski definition) is 2. The smallest absolute Gasteiger partial charge is 0.257 e. The second-order valence-corrected chi connectivity index (χ2v) is 10.0. The first kappa shape index (κ1) is 24.6. The van der Waals surface area contributed by atoms with E-state index in [1.165, 1.54) is 36.4 Å². The number of alkyl halides is 2. The summed E-state index contributed by atoms with van der Waals surface area (Å²) in [4.78, 5) is 25.7. The van der Waals surface area contributed by atoms with Gasteiger partial charge >= 0.3 is 0 Å². The molecule has 1 saturated carbocycles. The van der Waals surface area contributed by atoms with Gasteiger partial charge in [-0.25, -0.2) is 4.39 Å². The van der Waals surface area contributed by atoms with Crippen LogP contribution in [0.3, 0.4) is 0 Å². The molecule has 2 atom stereocenters. The Morgan fingerprint density at radius 3 is 2.24 bits per heavy atom. The summed E-state index contributed by atoms with van der Waals surface area (Å²) in [5.41, 5.74) is 2.35. The number of anilines is 2. The monoisotopic (exact) mass is 536 g/mol. The molecular formula is C25H17Cl4FN2O2. The highest BCUT2D eigenvalue weighted by atomic mass is 35.5. The van der Waals surface area contributed by atoms with Crippen LogP contribution in [0.4, 0.5) is 15.8 Å². The third kappa shape index (κ3) is 4.93. The average molecular weight is 538 g/mol. The van der Waals surface area contributed by atoms with Crippen molar-refractivity contribution >= 4 is 75.7 Å². The lowest BCUT2D eigenvalue weighted by atomic mass is 10.1. The lowest BCUT2D eigenvalue weighted by molar-refractivity contribution is -0.117. The summed E-state index contributed by atoms with van der Waals surface area (Å²) in [6, 6.07) is 15.1. The topological polar surface area (TPSA) is 58.2 Å². The van der Waals surface area contributed by atoms with Gasteiger partial charge in [0.2, 0.25) is 5.91 Å². The predicted molar refractivity (Wildman–Crippen MR) is 137 cm³/mol. The number of hydrogen-bond acceptors (Lipinski definition) is 2. The zero-order valence-electron chi connectivity index (χ0n) is 17.4. The Kier molecular flexibility index (Phi) is 6.92. The Morgan fingerprint density at radius 2 is 1.56 bits per heavy atom. The fraction of sp³-hybridized carbons (Fsp3) is 0.120. The SMILES string of the molecule is C=Cc1cc([C@H]2[C@H](C(=O)Nc3ccc(Cl)c(C(=O)Nc4ccc(F)cc4)c3)C2(Cl)Cl)ccc1Cl. The molecule has 2 amide bonds. The van der Waals surface area contributed by atoms with Gasteiger partial charge in [-0.1, -0.05) is 41.9 Å². The number of amides is 2. The van der Waals surface area contributed by atoms with E-state index in [0.29, 0.717) is 22.0 Å². The maximum Gasteiger partial charge on any atom is 0.257 e. The summed E-state index contributed by atoms with van der Waals surface area (Å²) in [6.07, 6.45) is 1.61. The molecule has 4 rings (SSSR count). The van der Waals surface area contributed by atoms with E-state index >= 15 is 0 Å². The van der Waals surface area contributed by atoms with Crippen molar-refractivity contribution in [1.29, 1.82) is 0 Å². The fourth-order valence-electron chi connectivity index (χ4n) is 3.71. The van der Waals surface area contributed by atoms with Crippen LogP contribution >= 0.6 is 46.4 Å². The molecular weight excluding hydrogens is 521 g/mol. The Bertz CT molecular complexity index is 1290. The van der Waals surface area contributed by atoms with E-state index in [2.05, 4.69) is 17.2 Å². The van der Waals surface area contributed by atoms with E-state index in [-0.39, 0.29) is 10.6 Å². The van der Waals surface area contributed by atoms with Gasteiger partial charge < -0.3 is 10.6 Å². The van der Waals surface area contributed by atoms with E-state index in [1.54, 1.807) is 30.3 Å². The summed E-state index contributed by atoms with van der Waals surface area (Å²) >= 11 is 25.2. The molecule has 9 heteroatoms. The Balaban J connectivity index is 1.50. The molecule has 0 radical (unpaired) electrons. The summed E-state index contributed by atoms with van der Waals surface area (Å²) < 4.78 is 11.8. The van der Waals surface area contributed by atoms with Crippen molar-refractivity contribution in [3.63, 3.8) is 0 Å². The first-order valence-electron chi connectivity index (χ1n) is 10.1. The van der Waals surface area contributed by atoms with Crippen molar-refractivity contribution in [1.82, 2.24) is 0 Å². The molecule has 0 aromatic heterocycles. The number of halogens is 5. The molecule has 1 fully saturated rings. The number of benzene rings is 3. The number of rotatable bonds is 6. The third-order valence-electron chi connectivity index (χ3n) is 5.52. The van der Waals surface area contributed by atoms with Crippen LogP contribution < -0.4 is 10.6 Å². The lowest BCUT2D eigenvalue weighted by Gasteiger charge is -2.10. The lowest BCUT2D eigenvalue weighted by Crippen LogP contribution is -2.18. The van der Waals surface area contributed by atoms with E-state index in [4.69, 9.17) is 46.4 Å². The van der Waals surface area contributed by atoms with Gasteiger partial charge in [0, 0.05) is 22.3 Å². The maximum atomic E-state index is 13.1. The van der Waals surface area contributed by atoms with Gasteiger partial charge in [0.25, 0.3) is 5.91 Å². The Morgan fingerprint density at radius 1 is 0.912 bits per heavy atom. The molecule has 174 valence electrons. The van der Waals surface area contributed by atoms with Crippen LogP contribution in [0.2, 0.25) is 10.0 Å². The van der Waals surface area contributed by atoms with Crippen molar-refractivity contribution in [2.24, 2.45) is 5.92 Å². The maximum absolute atomic E-state index is 13.1. The van der Waals surface area contributed by atoms with Gasteiger partial charge in [-0.2, -0.15) is 0 Å². The molecule has 0 heterocycles. The second kappa shape index (κ2) is 9.59. The second-order valence-electron chi connectivity index (χ2n) is 7.76. The zero-order valence-corrected chi connectivity index (χ0v) is 20.4. The molecule has 1 aliphatic rings. The molecule has 0 bridgehead atoms. The van der Waals surface area contributed by atoms with E-state index in [9.17, 15) is 14.0 Å². The van der Waals surface area contributed by atoms with Crippen LogP contribution in [0.15, 0.2) is 67.2 Å². The first-order valence-corrected chi connectivity index (χ1v) is 11.6. The van der Waals surface area contributed by atoms with Gasteiger partial charge in [0.15, 0.2) is 0 Å². The predicted octanol–water partition coefficient (Wildman–Crippen LogP) is 7.55. The van der Waals surface area contributed by atoms with Crippen LogP contribution in [0.1, 0.15) is 27.4 Å². The van der Waals surface area contributed by atoms with Crippen LogP contribution in [0.5, 0.6) is 0 Å². The molecule has 0 unspecified atom stereocenters. The minimum Gasteiger partial charge on any atom is -0.326 e. The van der Waals surface area contributed by atoms with Crippen LogP contribution in [0, 0.1) is 11.7 Å². The molecule has 3 aromatic rings. The largest absolute Gasteiger partial charge is 0.326 e. The molecule has 1 aliphatic carbocycles. The van der Waals surface area contributed by atoms with Crippen molar-refractivity contribution < 1.29 is 14.0 Å². The minimum atomic E-state index is -1.30. The quantitative estimate of drug-likeness (QED) is 0.319. The molecule has 3 aromatic carbocycles. The van der Waals surface area contributed by atoms with E-state index in [0.717, 1.165) is 5.56 Å². The highest BCUT2D eigenvalue weighted by molar-refractivity contribution is 6.53. The highest BCUT2D eigenvalue weighted by Crippen LogP contribution is 2.65. The standard InChI is InChI=1S/C25H17Cl4FN2O2/c1-2-13-11-14(3-9-19(13)26)21-22(25(21,28)29)24(34)32-17-8-10-20(27)18(12-17)23(33)31-16-6-4-15(30)5-7-16/h2-12,21-22H,1H2,(H,31,33)(H,32,34)/t21-,22+/m0/s1. The van der Waals surface area contributed by atoms with Crippen molar-refractivity contribution in [3.8, 4) is 0 Å². The summed E-state index contributed by atoms with van der Waals surface area (Å²) in [6.45, 7) is 3.73. The van der Waals surface area contributed by atoms with Crippen LogP contribution in [-0.4, -0.2) is 16.1 Å². The van der Waals surface area contributed by atoms with Crippen LogP contribution in [-0.2, 0) is 4.79 Å². The Labute approximate surface area is 215 Å². The first-order chi connectivity index (χ1) is 16.1. The number of carbonyl (C=O) groups is 2. The van der Waals surface area contributed by atoms with Crippen molar-refractivity contribution in [3.05, 3.63) is 99.8 Å². The van der Waals surface area contributed by atoms with Gasteiger partial charge in [-0.15, -0.1) is 23.2 Å². The highest BCUT2D eigenvalue weighted by Gasteiger charge is 2.67. The molecule has 2 N–H and O–H groups in total. The normalized spacial score (nSPS) is 18.1.